The summed E-state index contributed by atoms with van der Waals surface area (Å²) in [7, 11) is 4.31. The molecule has 2 heterocycles. The number of methoxy groups -OCH3 is 1. The van der Waals surface area contributed by atoms with Crippen LogP contribution in [0.5, 0.6) is 5.75 Å². The van der Waals surface area contributed by atoms with Crippen molar-refractivity contribution in [2.75, 3.05) is 48.4 Å². The molecule has 16 nitrogen and oxygen atoms in total. The van der Waals surface area contributed by atoms with E-state index in [-0.39, 0.29) is 12.3 Å². The van der Waals surface area contributed by atoms with Gasteiger partial charge in [-0.25, -0.2) is 9.59 Å². The highest BCUT2D eigenvalue weighted by atomic mass is 32.1. The van der Waals surface area contributed by atoms with Crippen molar-refractivity contribution in [2.45, 2.75) is 12.1 Å². The monoisotopic (exact) mass is 844 g/mol. The van der Waals surface area contributed by atoms with Crippen molar-refractivity contribution in [3.8, 4) is 17.1 Å². The number of hydrogen-bond acceptors (Lipinski definition) is 12. The number of carboxylic acid groups (broad SMARTS) is 1. The van der Waals surface area contributed by atoms with E-state index in [1.807, 2.05) is 24.3 Å². The summed E-state index contributed by atoms with van der Waals surface area (Å²) in [4.78, 5) is 42.8. The van der Waals surface area contributed by atoms with E-state index in [1.165, 1.54) is 16.9 Å². The van der Waals surface area contributed by atoms with E-state index in [0.717, 1.165) is 11.4 Å². The molecule has 294 valence electrons. The minimum absolute atomic E-state index is 0.0722. The Morgan fingerprint density at radius 2 is 1.21 bits per heavy atom. The normalized spacial score (nSPS) is 11.9. The van der Waals surface area contributed by atoms with Crippen LogP contribution < -0.4 is 25.2 Å². The first-order chi connectivity index (χ1) is 27.4. The summed E-state index contributed by atoms with van der Waals surface area (Å²) in [5, 5.41) is 27.8. The van der Waals surface area contributed by atoms with Gasteiger partial charge in [-0.15, -0.1) is 0 Å². The Balaban J connectivity index is 1.18. The highest BCUT2D eigenvalue weighted by Crippen LogP contribution is 2.28. The number of carbonyl (C=O) groups excluding carboxylic acids is 2. The topological polar surface area (TPSA) is 193 Å². The number of nitrogens with one attached hydrogen (secondary N) is 6. The van der Waals surface area contributed by atoms with E-state index in [9.17, 15) is 19.5 Å². The van der Waals surface area contributed by atoms with Crippen LogP contribution >= 0.6 is 48.9 Å². The van der Waals surface area contributed by atoms with Crippen LogP contribution in [0.15, 0.2) is 97.1 Å². The molecule has 57 heavy (non-hydrogen) atoms. The van der Waals surface area contributed by atoms with Gasteiger partial charge >= 0.3 is 11.9 Å². The molecule has 6 rings (SSSR count). The number of rotatable bonds is 15. The average molecular weight is 845 g/mol. The van der Waals surface area contributed by atoms with Crippen molar-refractivity contribution in [2.24, 2.45) is 0 Å². The smallest absolute Gasteiger partial charge is 0.331 e. The first kappa shape index (κ1) is 40.3. The van der Waals surface area contributed by atoms with Crippen LogP contribution in [-0.2, 0) is 14.3 Å². The predicted molar refractivity (Wildman–Crippen MR) is 226 cm³/mol. The Morgan fingerprint density at radius 1 is 0.702 bits per heavy atom. The summed E-state index contributed by atoms with van der Waals surface area (Å²) in [6.07, 6.45) is 0. The zero-order valence-corrected chi connectivity index (χ0v) is 33.8. The maximum Gasteiger partial charge on any atom is 0.331 e. The first-order valence-electron chi connectivity index (χ1n) is 17.0. The number of hydrogen-bond donors (Lipinski definition) is 7. The van der Waals surface area contributed by atoms with Gasteiger partial charge in [0.15, 0.2) is 37.9 Å². The Bertz CT molecular complexity index is 2630. The van der Waals surface area contributed by atoms with Crippen LogP contribution in [0.1, 0.15) is 10.4 Å². The summed E-state index contributed by atoms with van der Waals surface area (Å²) >= 11 is 21.3. The van der Waals surface area contributed by atoms with E-state index in [0.29, 0.717) is 47.6 Å². The molecule has 0 bridgehead atoms. The number of ether oxygens (including phenoxy) is 2. The van der Waals surface area contributed by atoms with E-state index in [4.69, 9.17) is 58.3 Å². The van der Waals surface area contributed by atoms with Gasteiger partial charge in [-0.3, -0.25) is 34.3 Å². The van der Waals surface area contributed by atoms with Gasteiger partial charge in [0.1, 0.15) is 5.75 Å². The van der Waals surface area contributed by atoms with Gasteiger partial charge in [0, 0.05) is 48.5 Å². The van der Waals surface area contributed by atoms with E-state index in [2.05, 4.69) is 31.0 Å². The first-order valence-corrected chi connectivity index (χ1v) is 18.6. The lowest BCUT2D eigenvalue weighted by molar-refractivity contribution is -0.148. The molecule has 4 aromatic carbocycles. The van der Waals surface area contributed by atoms with Crippen LogP contribution in [-0.4, -0.2) is 92.5 Å². The highest BCUT2D eigenvalue weighted by Gasteiger charge is 2.41. The number of aromatic nitrogens is 6. The summed E-state index contributed by atoms with van der Waals surface area (Å²) in [6.45, 7) is 0.0722. The lowest BCUT2D eigenvalue weighted by Gasteiger charge is -2.37. The van der Waals surface area contributed by atoms with Crippen molar-refractivity contribution in [3.05, 3.63) is 122 Å². The molecular weight excluding hydrogens is 809 g/mol. The molecule has 20 heteroatoms. The molecule has 0 aliphatic carbocycles. The minimum Gasteiger partial charge on any atom is -0.480 e. The van der Waals surface area contributed by atoms with Gasteiger partial charge in [0.05, 0.1) is 18.5 Å². The third-order valence-corrected chi connectivity index (χ3v) is 10.1. The Kier molecular flexibility index (Phi) is 12.5. The number of likely N-dealkylation sites (N-methyl/N-ethyl adjacent to an activating group) is 2. The standard InChI is InChI=1S/C37H36N10O6S4/c1-44(25-12-7-15-28(19-25)53-20-38-22-9-5-13-26(17-22)46-34(54)40-41-35(46)55)29(32(49)50)30(33(51)52-3)45(2)24-11-4-8-21(16-24)31(48)39-23-10-6-14-27(18-23)47-36(56)42-43-37(47)57/h4-19,29-30,38H,20H2,1-3H3,(H,39,48)(H,40,54)(H,41,55)(H,42,56)(H,43,57)(H,49,50). The molecule has 7 N–H and O–H groups in total. The second-order valence-corrected chi connectivity index (χ2v) is 14.0. The maximum absolute atomic E-state index is 13.5. The molecule has 2 atom stereocenters. The fourth-order valence-electron chi connectivity index (χ4n) is 6.09. The van der Waals surface area contributed by atoms with Gasteiger partial charge < -0.3 is 35.0 Å². The molecule has 0 saturated carbocycles. The van der Waals surface area contributed by atoms with Gasteiger partial charge in [-0.05, 0) is 116 Å². The van der Waals surface area contributed by atoms with Crippen molar-refractivity contribution in [1.82, 2.24) is 29.5 Å². The summed E-state index contributed by atoms with van der Waals surface area (Å²) < 4.78 is 16.0. The largest absolute Gasteiger partial charge is 0.480 e. The predicted octanol–water partition coefficient (Wildman–Crippen LogP) is 6.77. The number of carboxylic acids is 1. The molecule has 2 aromatic heterocycles. The van der Waals surface area contributed by atoms with Crippen molar-refractivity contribution in [1.29, 1.82) is 0 Å². The minimum atomic E-state index is -1.45. The Labute approximate surface area is 345 Å². The van der Waals surface area contributed by atoms with E-state index >= 15 is 0 Å². The summed E-state index contributed by atoms with van der Waals surface area (Å²) in [5.41, 5.74) is 3.72. The number of H-pyrrole nitrogens is 4. The van der Waals surface area contributed by atoms with Gasteiger partial charge in [-0.2, -0.15) is 0 Å². The second kappa shape index (κ2) is 17.6. The van der Waals surface area contributed by atoms with E-state index in [1.54, 1.807) is 96.0 Å². The van der Waals surface area contributed by atoms with Gasteiger partial charge in [0.25, 0.3) is 5.91 Å². The van der Waals surface area contributed by atoms with Gasteiger partial charge in [0.2, 0.25) is 0 Å². The quantitative estimate of drug-likeness (QED) is 0.0326. The SMILES string of the molecule is COC(=O)C(C(C(=O)O)N(C)c1cccc(OCNc2cccc(-n3c(=S)[nH][nH]c3=S)c2)c1)N(C)c1cccc(C(=O)Nc2cccc(-n3c(=S)[nH][nH]c3=S)c2)c1. The molecular formula is C37H36N10O6S4. The van der Waals surface area contributed by atoms with Crippen LogP contribution in [0, 0.1) is 19.1 Å². The molecule has 0 radical (unpaired) electrons. The average Bonchev–Trinajstić information content (AvgIpc) is 3.73. The maximum atomic E-state index is 13.5. The lowest BCUT2D eigenvalue weighted by Crippen LogP contribution is -2.58. The summed E-state index contributed by atoms with van der Waals surface area (Å²) in [6, 6.07) is 24.9. The van der Waals surface area contributed by atoms with Crippen LogP contribution in [0.2, 0.25) is 0 Å². The zero-order chi connectivity index (χ0) is 40.8. The van der Waals surface area contributed by atoms with Crippen LogP contribution in [0.25, 0.3) is 11.4 Å². The number of anilines is 4. The van der Waals surface area contributed by atoms with Gasteiger partial charge in [-0.1, -0.05) is 24.3 Å². The third kappa shape index (κ3) is 9.04. The van der Waals surface area contributed by atoms with Crippen molar-refractivity contribution >= 4 is 89.5 Å². The molecule has 0 aliphatic heterocycles. The number of carbonyl (C=O) groups is 3. The van der Waals surface area contributed by atoms with E-state index < -0.39 is 29.9 Å². The van der Waals surface area contributed by atoms with Crippen molar-refractivity contribution < 1.29 is 29.0 Å². The third-order valence-electron chi connectivity index (χ3n) is 8.92. The molecule has 0 spiro atoms. The molecule has 0 saturated heterocycles. The lowest BCUT2D eigenvalue weighted by atomic mass is 10.0. The van der Waals surface area contributed by atoms with Crippen LogP contribution in [0.4, 0.5) is 22.7 Å². The number of aromatic amines is 4. The highest BCUT2D eigenvalue weighted by molar-refractivity contribution is 7.72. The summed E-state index contributed by atoms with van der Waals surface area (Å²) in [5.74, 6) is -2.09. The molecule has 0 aliphatic rings. The Morgan fingerprint density at radius 3 is 1.79 bits per heavy atom. The molecule has 0 fully saturated rings. The molecule has 2 unspecified atom stereocenters. The number of nitrogens with zero attached hydrogens (tertiary/aromatic N) is 4. The Hall–Kier alpha value is -6.35. The molecule has 6 aromatic rings. The number of benzene rings is 4. The van der Waals surface area contributed by atoms with Crippen molar-refractivity contribution in [3.63, 3.8) is 0 Å². The van der Waals surface area contributed by atoms with Crippen LogP contribution in [0.3, 0.4) is 0 Å². The number of esters is 1. The second-order valence-electron chi connectivity index (χ2n) is 12.4. The zero-order valence-electron chi connectivity index (χ0n) is 30.5. The fraction of sp³-hybridized carbons (Fsp3) is 0.162. The number of aliphatic carboxylic acids is 1. The number of amides is 1. The fourth-order valence-corrected chi connectivity index (χ4v) is 7.19. The molecule has 1 amide bonds.